The number of hydrogen-bond donors (Lipinski definition) is 1. The van der Waals surface area contributed by atoms with Gasteiger partial charge in [0.2, 0.25) is 6.79 Å². The van der Waals surface area contributed by atoms with Crippen molar-refractivity contribution in [3.05, 3.63) is 23.8 Å². The minimum absolute atomic E-state index is 0.229. The Morgan fingerprint density at radius 3 is 2.74 bits per heavy atom. The van der Waals surface area contributed by atoms with Gasteiger partial charge in [-0.15, -0.1) is 0 Å². The van der Waals surface area contributed by atoms with Crippen molar-refractivity contribution in [1.82, 2.24) is 4.90 Å². The van der Waals surface area contributed by atoms with E-state index in [0.717, 1.165) is 37.2 Å². The number of piperidine rings is 1. The number of rotatable bonds is 2. The fourth-order valence-corrected chi connectivity index (χ4v) is 2.59. The molecule has 0 spiro atoms. The number of hydrogen-bond acceptors (Lipinski definition) is 5. The molecule has 0 saturated carbocycles. The highest BCUT2D eigenvalue weighted by Crippen LogP contribution is 2.35. The first-order valence-electron chi connectivity index (χ1n) is 6.49. The van der Waals surface area contributed by atoms with E-state index in [9.17, 15) is 10.4 Å². The lowest BCUT2D eigenvalue weighted by Gasteiger charge is -2.32. The number of nitriles is 1. The van der Waals surface area contributed by atoms with Crippen molar-refractivity contribution >= 4 is 0 Å². The lowest BCUT2D eigenvalue weighted by molar-refractivity contribution is 0.0716. The first-order valence-corrected chi connectivity index (χ1v) is 6.49. The van der Waals surface area contributed by atoms with Crippen LogP contribution < -0.4 is 9.47 Å². The van der Waals surface area contributed by atoms with Crippen molar-refractivity contribution in [1.29, 1.82) is 5.26 Å². The fraction of sp³-hybridized carbons (Fsp3) is 0.500. The molecule has 1 atom stereocenters. The topological polar surface area (TPSA) is 65.7 Å². The average Bonchev–Trinajstić information content (AvgIpc) is 2.89. The van der Waals surface area contributed by atoms with Gasteiger partial charge in [-0.25, -0.2) is 0 Å². The van der Waals surface area contributed by atoms with Gasteiger partial charge in [0.15, 0.2) is 11.5 Å². The fourth-order valence-electron chi connectivity index (χ4n) is 2.59. The molecule has 1 unspecified atom stereocenters. The zero-order valence-corrected chi connectivity index (χ0v) is 10.6. The smallest absolute Gasteiger partial charge is 0.231 e. The van der Waals surface area contributed by atoms with Gasteiger partial charge in [0.25, 0.3) is 0 Å². The molecule has 5 nitrogen and oxygen atoms in total. The van der Waals surface area contributed by atoms with Crippen LogP contribution in [-0.4, -0.2) is 36.0 Å². The summed E-state index contributed by atoms with van der Waals surface area (Å²) in [7, 11) is 0. The second-order valence-electron chi connectivity index (χ2n) is 4.91. The van der Waals surface area contributed by atoms with E-state index >= 15 is 0 Å². The van der Waals surface area contributed by atoms with Crippen LogP contribution in [0.2, 0.25) is 0 Å². The lowest BCUT2D eigenvalue weighted by Crippen LogP contribution is -2.38. The first-order chi connectivity index (χ1) is 9.28. The van der Waals surface area contributed by atoms with E-state index in [4.69, 9.17) is 9.47 Å². The van der Waals surface area contributed by atoms with Crippen LogP contribution in [0.15, 0.2) is 18.2 Å². The zero-order valence-electron chi connectivity index (χ0n) is 10.6. The number of nitrogens with zero attached hydrogens (tertiary/aromatic N) is 2. The van der Waals surface area contributed by atoms with Gasteiger partial charge in [0, 0.05) is 13.1 Å². The summed E-state index contributed by atoms with van der Waals surface area (Å²) in [6.45, 7) is 1.73. The maximum Gasteiger partial charge on any atom is 0.231 e. The molecule has 0 aliphatic carbocycles. The van der Waals surface area contributed by atoms with Gasteiger partial charge in [0.1, 0.15) is 6.04 Å². The molecule has 0 bridgehead atoms. The highest BCUT2D eigenvalue weighted by atomic mass is 16.7. The molecule has 5 heteroatoms. The molecule has 1 saturated heterocycles. The minimum atomic E-state index is -0.290. The lowest BCUT2D eigenvalue weighted by atomic mass is 10.0. The van der Waals surface area contributed by atoms with E-state index in [1.807, 2.05) is 18.2 Å². The summed E-state index contributed by atoms with van der Waals surface area (Å²) in [5.41, 5.74) is 0.920. The van der Waals surface area contributed by atoms with Crippen molar-refractivity contribution in [2.24, 2.45) is 0 Å². The minimum Gasteiger partial charge on any atom is -0.454 e. The second kappa shape index (κ2) is 5.08. The van der Waals surface area contributed by atoms with E-state index in [0.29, 0.717) is 5.75 Å². The standard InChI is InChI=1S/C14H16N2O3/c15-8-12(16-5-3-11(17)4-6-16)10-1-2-13-14(7-10)19-9-18-13/h1-2,7,11-12,17H,3-6,9H2. The Hall–Kier alpha value is -1.77. The van der Waals surface area contributed by atoms with Gasteiger partial charge in [0.05, 0.1) is 12.2 Å². The Kier molecular flexibility index (Phi) is 3.28. The Labute approximate surface area is 112 Å². The number of benzene rings is 1. The van der Waals surface area contributed by atoms with Crippen LogP contribution >= 0.6 is 0 Å². The number of ether oxygens (including phenoxy) is 2. The van der Waals surface area contributed by atoms with Crippen LogP contribution in [0, 0.1) is 11.3 Å². The SMILES string of the molecule is N#CC(c1ccc2c(c1)OCO2)N1CCC(O)CC1. The normalized spacial score (nSPS) is 21.1. The Morgan fingerprint density at radius 1 is 1.26 bits per heavy atom. The van der Waals surface area contributed by atoms with E-state index in [2.05, 4.69) is 11.0 Å². The van der Waals surface area contributed by atoms with Crippen LogP contribution in [0.1, 0.15) is 24.4 Å². The monoisotopic (exact) mass is 260 g/mol. The number of fused-ring (bicyclic) bond motifs is 1. The quantitative estimate of drug-likeness (QED) is 0.871. The van der Waals surface area contributed by atoms with E-state index in [1.54, 1.807) is 0 Å². The molecule has 0 amide bonds. The van der Waals surface area contributed by atoms with Crippen molar-refractivity contribution in [3.8, 4) is 17.6 Å². The molecule has 1 fully saturated rings. The predicted octanol–water partition coefficient (Wildman–Crippen LogP) is 1.44. The molecular formula is C14H16N2O3. The zero-order chi connectivity index (χ0) is 13.2. The summed E-state index contributed by atoms with van der Waals surface area (Å²) in [5, 5.41) is 19.0. The van der Waals surface area contributed by atoms with Gasteiger partial charge in [-0.05, 0) is 30.5 Å². The van der Waals surface area contributed by atoms with Crippen LogP contribution in [0.4, 0.5) is 0 Å². The Balaban J connectivity index is 1.81. The molecule has 2 heterocycles. The third-order valence-corrected chi connectivity index (χ3v) is 3.70. The van der Waals surface area contributed by atoms with Crippen LogP contribution in [0.3, 0.4) is 0 Å². The largest absolute Gasteiger partial charge is 0.454 e. The average molecular weight is 260 g/mol. The van der Waals surface area contributed by atoms with Crippen molar-refractivity contribution in [2.75, 3.05) is 19.9 Å². The van der Waals surface area contributed by atoms with Gasteiger partial charge in [-0.3, -0.25) is 4.90 Å². The number of aliphatic hydroxyl groups excluding tert-OH is 1. The molecule has 1 aromatic carbocycles. The highest BCUT2D eigenvalue weighted by molar-refractivity contribution is 5.46. The number of likely N-dealkylation sites (tertiary alicyclic amines) is 1. The molecule has 0 aromatic heterocycles. The van der Waals surface area contributed by atoms with E-state index < -0.39 is 0 Å². The molecule has 100 valence electrons. The highest BCUT2D eigenvalue weighted by Gasteiger charge is 2.26. The molecule has 1 N–H and O–H groups in total. The Bertz CT molecular complexity index is 504. The predicted molar refractivity (Wildman–Crippen MR) is 67.7 cm³/mol. The molecule has 1 aromatic rings. The number of aliphatic hydroxyl groups is 1. The molecule has 19 heavy (non-hydrogen) atoms. The Morgan fingerprint density at radius 2 is 2.00 bits per heavy atom. The molecular weight excluding hydrogens is 244 g/mol. The first kappa shape index (κ1) is 12.3. The van der Waals surface area contributed by atoms with Crippen molar-refractivity contribution in [3.63, 3.8) is 0 Å². The third-order valence-electron chi connectivity index (χ3n) is 3.70. The van der Waals surface area contributed by atoms with Crippen LogP contribution in [0.25, 0.3) is 0 Å². The summed E-state index contributed by atoms with van der Waals surface area (Å²) in [4.78, 5) is 2.10. The van der Waals surface area contributed by atoms with Gasteiger partial charge in [-0.1, -0.05) is 6.07 Å². The summed E-state index contributed by atoms with van der Waals surface area (Å²) in [6, 6.07) is 7.69. The second-order valence-corrected chi connectivity index (χ2v) is 4.91. The van der Waals surface area contributed by atoms with Gasteiger partial charge < -0.3 is 14.6 Å². The summed E-state index contributed by atoms with van der Waals surface area (Å²) in [5.74, 6) is 1.43. The van der Waals surface area contributed by atoms with E-state index in [-0.39, 0.29) is 18.9 Å². The van der Waals surface area contributed by atoms with E-state index in [1.165, 1.54) is 0 Å². The molecule has 3 rings (SSSR count). The summed E-state index contributed by atoms with van der Waals surface area (Å²) < 4.78 is 10.6. The third kappa shape index (κ3) is 2.37. The van der Waals surface area contributed by atoms with Crippen LogP contribution in [0.5, 0.6) is 11.5 Å². The van der Waals surface area contributed by atoms with Gasteiger partial charge in [-0.2, -0.15) is 5.26 Å². The van der Waals surface area contributed by atoms with Crippen LogP contribution in [-0.2, 0) is 0 Å². The molecule has 2 aliphatic rings. The summed E-state index contributed by atoms with van der Waals surface area (Å²) in [6.07, 6.45) is 1.22. The summed E-state index contributed by atoms with van der Waals surface area (Å²) >= 11 is 0. The van der Waals surface area contributed by atoms with Gasteiger partial charge >= 0.3 is 0 Å². The van der Waals surface area contributed by atoms with Crippen molar-refractivity contribution in [2.45, 2.75) is 25.0 Å². The molecule has 2 aliphatic heterocycles. The maximum atomic E-state index is 9.53. The molecule has 0 radical (unpaired) electrons. The van der Waals surface area contributed by atoms with Crippen molar-refractivity contribution < 1.29 is 14.6 Å². The maximum absolute atomic E-state index is 9.53.